The predicted molar refractivity (Wildman–Crippen MR) is 64.4 cm³/mol. The smallest absolute Gasteiger partial charge is 0.338 e. The summed E-state index contributed by atoms with van der Waals surface area (Å²) in [7, 11) is 1.36. The second kappa shape index (κ2) is 6.12. The summed E-state index contributed by atoms with van der Waals surface area (Å²) >= 11 is 0. The lowest BCUT2D eigenvalue weighted by molar-refractivity contribution is -0.153. The standard InChI is InChI=1S/C13H16O6/c1-17-13-10(15)11(9(7-14)18-13)19-12(16)8-5-3-2-4-6-8/h2-6,9-11,13-15H,7H2,1H3/t9-,10+,11-,13+/m1/s1. The van der Waals surface area contributed by atoms with Crippen molar-refractivity contribution >= 4 is 5.97 Å². The van der Waals surface area contributed by atoms with Gasteiger partial charge in [0.1, 0.15) is 12.2 Å². The SMILES string of the molecule is CO[C@H]1O[C@H](CO)[C@@H](OC(=O)c2ccccc2)[C@@H]1O. The van der Waals surface area contributed by atoms with E-state index in [9.17, 15) is 9.90 Å². The number of rotatable bonds is 4. The van der Waals surface area contributed by atoms with E-state index in [1.807, 2.05) is 0 Å². The van der Waals surface area contributed by atoms with E-state index in [1.165, 1.54) is 7.11 Å². The molecule has 0 aromatic heterocycles. The summed E-state index contributed by atoms with van der Waals surface area (Å²) in [6.07, 6.45) is -3.80. The Balaban J connectivity index is 2.07. The summed E-state index contributed by atoms with van der Waals surface area (Å²) in [4.78, 5) is 11.9. The average Bonchev–Trinajstić information content (AvgIpc) is 2.76. The van der Waals surface area contributed by atoms with Crippen molar-refractivity contribution in [3.8, 4) is 0 Å². The molecule has 0 spiro atoms. The molecule has 1 aliphatic rings. The fourth-order valence-corrected chi connectivity index (χ4v) is 1.96. The fourth-order valence-electron chi connectivity index (χ4n) is 1.96. The number of esters is 1. The number of ether oxygens (including phenoxy) is 3. The molecule has 4 atom stereocenters. The van der Waals surface area contributed by atoms with E-state index in [0.717, 1.165) is 0 Å². The molecule has 1 aromatic carbocycles. The molecule has 1 heterocycles. The van der Waals surface area contributed by atoms with Gasteiger partial charge in [0.15, 0.2) is 12.4 Å². The number of aliphatic hydroxyl groups excluding tert-OH is 2. The highest BCUT2D eigenvalue weighted by atomic mass is 16.7. The van der Waals surface area contributed by atoms with Gasteiger partial charge in [0.25, 0.3) is 0 Å². The van der Waals surface area contributed by atoms with Gasteiger partial charge in [0, 0.05) is 7.11 Å². The zero-order valence-corrected chi connectivity index (χ0v) is 10.4. The highest BCUT2D eigenvalue weighted by Gasteiger charge is 2.46. The van der Waals surface area contributed by atoms with E-state index < -0.39 is 30.6 Å². The third-order valence-corrected chi connectivity index (χ3v) is 2.96. The molecule has 0 bridgehead atoms. The summed E-state index contributed by atoms with van der Waals surface area (Å²) in [6.45, 7) is -0.371. The molecule has 0 amide bonds. The Morgan fingerprint density at radius 2 is 2.05 bits per heavy atom. The van der Waals surface area contributed by atoms with Crippen LogP contribution in [-0.4, -0.2) is 54.5 Å². The third-order valence-electron chi connectivity index (χ3n) is 2.96. The van der Waals surface area contributed by atoms with Gasteiger partial charge in [-0.3, -0.25) is 0 Å². The molecule has 2 N–H and O–H groups in total. The van der Waals surface area contributed by atoms with Gasteiger partial charge in [-0.1, -0.05) is 18.2 Å². The molecule has 0 radical (unpaired) electrons. The Labute approximate surface area is 110 Å². The van der Waals surface area contributed by atoms with Crippen molar-refractivity contribution in [1.82, 2.24) is 0 Å². The number of methoxy groups -OCH3 is 1. The van der Waals surface area contributed by atoms with E-state index in [4.69, 9.17) is 19.3 Å². The van der Waals surface area contributed by atoms with Gasteiger partial charge < -0.3 is 24.4 Å². The van der Waals surface area contributed by atoms with Crippen LogP contribution in [0, 0.1) is 0 Å². The lowest BCUT2D eigenvalue weighted by Gasteiger charge is -2.19. The van der Waals surface area contributed by atoms with Gasteiger partial charge in [-0.05, 0) is 12.1 Å². The molecule has 0 unspecified atom stereocenters. The lowest BCUT2D eigenvalue weighted by Crippen LogP contribution is -2.38. The number of carbonyl (C=O) groups is 1. The molecule has 1 saturated heterocycles. The molecular formula is C13H16O6. The van der Waals surface area contributed by atoms with Crippen LogP contribution in [0.4, 0.5) is 0 Å². The highest BCUT2D eigenvalue weighted by molar-refractivity contribution is 5.89. The zero-order valence-electron chi connectivity index (χ0n) is 10.4. The highest BCUT2D eigenvalue weighted by Crippen LogP contribution is 2.25. The second-order valence-electron chi connectivity index (χ2n) is 4.19. The van der Waals surface area contributed by atoms with Crippen molar-refractivity contribution in [2.45, 2.75) is 24.6 Å². The maximum atomic E-state index is 11.9. The molecule has 1 aliphatic heterocycles. The molecular weight excluding hydrogens is 252 g/mol. The van der Waals surface area contributed by atoms with Crippen LogP contribution in [0.3, 0.4) is 0 Å². The lowest BCUT2D eigenvalue weighted by atomic mass is 10.1. The predicted octanol–water partition coefficient (Wildman–Crippen LogP) is -0.0635. The summed E-state index contributed by atoms with van der Waals surface area (Å²) < 4.78 is 15.3. The largest absolute Gasteiger partial charge is 0.453 e. The van der Waals surface area contributed by atoms with E-state index in [2.05, 4.69) is 0 Å². The van der Waals surface area contributed by atoms with Crippen LogP contribution >= 0.6 is 0 Å². The first-order chi connectivity index (χ1) is 9.17. The molecule has 0 saturated carbocycles. The average molecular weight is 268 g/mol. The van der Waals surface area contributed by atoms with Crippen molar-refractivity contribution < 1.29 is 29.2 Å². The van der Waals surface area contributed by atoms with Gasteiger partial charge >= 0.3 is 5.97 Å². The van der Waals surface area contributed by atoms with Gasteiger partial charge in [0.2, 0.25) is 0 Å². The summed E-state index contributed by atoms with van der Waals surface area (Å²) in [5, 5.41) is 19.1. The van der Waals surface area contributed by atoms with Crippen LogP contribution in [0.25, 0.3) is 0 Å². The van der Waals surface area contributed by atoms with E-state index in [0.29, 0.717) is 5.56 Å². The van der Waals surface area contributed by atoms with Crippen LogP contribution < -0.4 is 0 Å². The minimum atomic E-state index is -1.13. The molecule has 1 fully saturated rings. The number of benzene rings is 1. The summed E-state index contributed by atoms with van der Waals surface area (Å²) in [6, 6.07) is 8.40. The molecule has 6 heteroatoms. The molecule has 6 nitrogen and oxygen atoms in total. The first-order valence-electron chi connectivity index (χ1n) is 5.90. The molecule has 0 aliphatic carbocycles. The van der Waals surface area contributed by atoms with E-state index in [1.54, 1.807) is 30.3 Å². The van der Waals surface area contributed by atoms with Crippen molar-refractivity contribution in [3.63, 3.8) is 0 Å². The zero-order chi connectivity index (χ0) is 13.8. The van der Waals surface area contributed by atoms with E-state index in [-0.39, 0.29) is 6.61 Å². The number of hydrogen-bond donors (Lipinski definition) is 2. The first-order valence-corrected chi connectivity index (χ1v) is 5.90. The second-order valence-corrected chi connectivity index (χ2v) is 4.19. The Morgan fingerprint density at radius 3 is 2.63 bits per heavy atom. The minimum Gasteiger partial charge on any atom is -0.453 e. The van der Waals surface area contributed by atoms with Gasteiger partial charge in [0.05, 0.1) is 12.2 Å². The Hall–Kier alpha value is -1.47. The molecule has 2 rings (SSSR count). The fraction of sp³-hybridized carbons (Fsp3) is 0.462. The number of carbonyl (C=O) groups excluding carboxylic acids is 1. The minimum absolute atomic E-state index is 0.368. The third kappa shape index (κ3) is 2.93. The number of aliphatic hydroxyl groups is 2. The summed E-state index contributed by atoms with van der Waals surface area (Å²) in [5.74, 6) is -0.580. The van der Waals surface area contributed by atoms with Gasteiger partial charge in [-0.15, -0.1) is 0 Å². The number of hydrogen-bond acceptors (Lipinski definition) is 6. The first kappa shape index (κ1) is 14.0. The van der Waals surface area contributed by atoms with Crippen LogP contribution in [0.1, 0.15) is 10.4 Å². The van der Waals surface area contributed by atoms with Crippen molar-refractivity contribution in [2.24, 2.45) is 0 Å². The molecule has 104 valence electrons. The molecule has 19 heavy (non-hydrogen) atoms. The van der Waals surface area contributed by atoms with Crippen LogP contribution in [-0.2, 0) is 14.2 Å². The quantitative estimate of drug-likeness (QED) is 0.744. The van der Waals surface area contributed by atoms with Crippen molar-refractivity contribution in [1.29, 1.82) is 0 Å². The topological polar surface area (TPSA) is 85.2 Å². The van der Waals surface area contributed by atoms with Gasteiger partial charge in [-0.25, -0.2) is 4.79 Å². The maximum absolute atomic E-state index is 11.9. The van der Waals surface area contributed by atoms with Crippen LogP contribution in [0.5, 0.6) is 0 Å². The van der Waals surface area contributed by atoms with Gasteiger partial charge in [-0.2, -0.15) is 0 Å². The maximum Gasteiger partial charge on any atom is 0.338 e. The normalized spacial score (nSPS) is 30.3. The Morgan fingerprint density at radius 1 is 1.37 bits per heavy atom. The van der Waals surface area contributed by atoms with Crippen molar-refractivity contribution in [2.75, 3.05) is 13.7 Å². The van der Waals surface area contributed by atoms with Crippen LogP contribution in [0.2, 0.25) is 0 Å². The van der Waals surface area contributed by atoms with Crippen LogP contribution in [0.15, 0.2) is 30.3 Å². The Kier molecular flexibility index (Phi) is 4.49. The van der Waals surface area contributed by atoms with Crippen molar-refractivity contribution in [3.05, 3.63) is 35.9 Å². The molecule has 1 aromatic rings. The Bertz CT molecular complexity index is 418. The monoisotopic (exact) mass is 268 g/mol. The summed E-state index contributed by atoms with van der Waals surface area (Å²) in [5.41, 5.74) is 0.368. The van der Waals surface area contributed by atoms with E-state index >= 15 is 0 Å².